The molecular weight excluding hydrogens is 216 g/mol. The van der Waals surface area contributed by atoms with E-state index in [1.165, 1.54) is 5.56 Å². The second kappa shape index (κ2) is 5.68. The Hall–Kier alpha value is -1.55. The van der Waals surface area contributed by atoms with Crippen LogP contribution in [0.5, 0.6) is 0 Å². The molecule has 0 atom stereocenters. The highest BCUT2D eigenvalue weighted by Crippen LogP contribution is 2.12. The summed E-state index contributed by atoms with van der Waals surface area (Å²) in [6, 6.07) is 7.64. The van der Waals surface area contributed by atoms with Crippen molar-refractivity contribution in [3.8, 4) is 0 Å². The number of rotatable bonds is 3. The molecule has 0 aliphatic carbocycles. The number of amides is 1. The van der Waals surface area contributed by atoms with E-state index in [4.69, 9.17) is 4.74 Å². The van der Waals surface area contributed by atoms with Gasteiger partial charge in [-0.25, -0.2) is 4.79 Å². The van der Waals surface area contributed by atoms with Gasteiger partial charge in [0.05, 0.1) is 0 Å². The van der Waals surface area contributed by atoms with Gasteiger partial charge in [-0.3, -0.25) is 5.32 Å². The third kappa shape index (κ3) is 5.36. The summed E-state index contributed by atoms with van der Waals surface area (Å²) in [5, 5.41) is 5.75. The van der Waals surface area contributed by atoms with Crippen LogP contribution in [0, 0.1) is 0 Å². The van der Waals surface area contributed by atoms with Gasteiger partial charge in [-0.2, -0.15) is 0 Å². The first-order chi connectivity index (χ1) is 7.90. The van der Waals surface area contributed by atoms with E-state index in [0.717, 1.165) is 12.2 Å². The van der Waals surface area contributed by atoms with Gasteiger partial charge in [0.1, 0.15) is 5.60 Å². The Kier molecular flexibility index (Phi) is 4.52. The predicted octanol–water partition coefficient (Wildman–Crippen LogP) is 2.75. The lowest BCUT2D eigenvalue weighted by Gasteiger charge is -2.19. The lowest BCUT2D eigenvalue weighted by molar-refractivity contribution is 0.0636. The van der Waals surface area contributed by atoms with Crippen molar-refractivity contribution in [2.45, 2.75) is 32.9 Å². The van der Waals surface area contributed by atoms with Crippen molar-refractivity contribution in [1.29, 1.82) is 0 Å². The van der Waals surface area contributed by atoms with Crippen molar-refractivity contribution in [3.63, 3.8) is 0 Å². The smallest absolute Gasteiger partial charge is 0.412 e. The Morgan fingerprint density at radius 3 is 2.29 bits per heavy atom. The molecule has 1 aromatic carbocycles. The first-order valence-corrected chi connectivity index (χ1v) is 5.64. The van der Waals surface area contributed by atoms with Crippen molar-refractivity contribution >= 4 is 11.8 Å². The minimum atomic E-state index is -0.476. The average Bonchev–Trinajstić information content (AvgIpc) is 2.18. The largest absolute Gasteiger partial charge is 0.444 e. The fourth-order valence-electron chi connectivity index (χ4n) is 1.33. The SMILES string of the molecule is CNCc1ccc(NC(=O)OC(C)(C)C)cc1. The van der Waals surface area contributed by atoms with Gasteiger partial charge in [0.25, 0.3) is 0 Å². The van der Waals surface area contributed by atoms with Crippen molar-refractivity contribution in [1.82, 2.24) is 5.32 Å². The summed E-state index contributed by atoms with van der Waals surface area (Å²) >= 11 is 0. The van der Waals surface area contributed by atoms with Crippen LogP contribution in [0.2, 0.25) is 0 Å². The van der Waals surface area contributed by atoms with E-state index >= 15 is 0 Å². The molecule has 4 nitrogen and oxygen atoms in total. The van der Waals surface area contributed by atoms with E-state index in [1.54, 1.807) is 0 Å². The maximum atomic E-state index is 11.5. The zero-order chi connectivity index (χ0) is 12.9. The summed E-state index contributed by atoms with van der Waals surface area (Å²) in [5.41, 5.74) is 1.43. The van der Waals surface area contributed by atoms with Crippen LogP contribution in [0.3, 0.4) is 0 Å². The molecule has 0 fully saturated rings. The van der Waals surface area contributed by atoms with Gasteiger partial charge in [-0.15, -0.1) is 0 Å². The molecule has 0 aliphatic rings. The highest BCUT2D eigenvalue weighted by atomic mass is 16.6. The molecule has 1 rings (SSSR count). The Bertz CT molecular complexity index is 366. The third-order valence-electron chi connectivity index (χ3n) is 1.98. The van der Waals surface area contributed by atoms with E-state index < -0.39 is 11.7 Å². The molecule has 4 heteroatoms. The van der Waals surface area contributed by atoms with Gasteiger partial charge < -0.3 is 10.1 Å². The van der Waals surface area contributed by atoms with Gasteiger partial charge in [0.15, 0.2) is 0 Å². The summed E-state index contributed by atoms with van der Waals surface area (Å²) < 4.78 is 5.16. The second-order valence-corrected chi connectivity index (χ2v) is 4.85. The molecule has 1 aromatic rings. The van der Waals surface area contributed by atoms with Crippen molar-refractivity contribution in [2.24, 2.45) is 0 Å². The van der Waals surface area contributed by atoms with Crippen LogP contribution < -0.4 is 10.6 Å². The summed E-state index contributed by atoms with van der Waals surface area (Å²) in [6.45, 7) is 6.32. The van der Waals surface area contributed by atoms with Crippen LogP contribution in [-0.2, 0) is 11.3 Å². The molecule has 1 amide bonds. The fourth-order valence-corrected chi connectivity index (χ4v) is 1.33. The van der Waals surface area contributed by atoms with Crippen LogP contribution in [0.15, 0.2) is 24.3 Å². The highest BCUT2D eigenvalue weighted by molar-refractivity contribution is 5.84. The number of ether oxygens (including phenoxy) is 1. The van der Waals surface area contributed by atoms with Crippen molar-refractivity contribution in [3.05, 3.63) is 29.8 Å². The molecule has 0 aromatic heterocycles. The molecule has 0 aliphatic heterocycles. The summed E-state index contributed by atoms with van der Waals surface area (Å²) in [7, 11) is 1.90. The topological polar surface area (TPSA) is 50.4 Å². The maximum Gasteiger partial charge on any atom is 0.412 e. The highest BCUT2D eigenvalue weighted by Gasteiger charge is 2.15. The number of hydrogen-bond donors (Lipinski definition) is 2. The summed E-state index contributed by atoms with van der Waals surface area (Å²) in [4.78, 5) is 11.5. The third-order valence-corrected chi connectivity index (χ3v) is 1.98. The molecule has 0 saturated heterocycles. The van der Waals surface area contributed by atoms with E-state index in [-0.39, 0.29) is 0 Å². The molecule has 0 radical (unpaired) electrons. The first-order valence-electron chi connectivity index (χ1n) is 5.64. The van der Waals surface area contributed by atoms with Crippen LogP contribution in [0.1, 0.15) is 26.3 Å². The molecule has 0 unspecified atom stereocenters. The van der Waals surface area contributed by atoms with E-state index in [1.807, 2.05) is 52.1 Å². The number of carbonyl (C=O) groups excluding carboxylic acids is 1. The Labute approximate surface area is 102 Å². The summed E-state index contributed by atoms with van der Waals surface area (Å²) in [5.74, 6) is 0. The maximum absolute atomic E-state index is 11.5. The van der Waals surface area contributed by atoms with E-state index in [9.17, 15) is 4.79 Å². The molecule has 0 spiro atoms. The quantitative estimate of drug-likeness (QED) is 0.848. The Morgan fingerprint density at radius 1 is 1.24 bits per heavy atom. The van der Waals surface area contributed by atoms with Crippen LogP contribution in [-0.4, -0.2) is 18.7 Å². The van der Waals surface area contributed by atoms with Gasteiger partial charge in [-0.05, 0) is 45.5 Å². The zero-order valence-electron chi connectivity index (χ0n) is 10.8. The van der Waals surface area contributed by atoms with E-state index in [2.05, 4.69) is 10.6 Å². The van der Waals surface area contributed by atoms with Crippen molar-refractivity contribution in [2.75, 3.05) is 12.4 Å². The van der Waals surface area contributed by atoms with Crippen molar-refractivity contribution < 1.29 is 9.53 Å². The summed E-state index contributed by atoms with van der Waals surface area (Å²) in [6.07, 6.45) is -0.432. The Balaban J connectivity index is 2.54. The number of nitrogens with one attached hydrogen (secondary N) is 2. The number of benzene rings is 1. The number of anilines is 1. The normalized spacial score (nSPS) is 11.1. The molecular formula is C13H20N2O2. The average molecular weight is 236 g/mol. The fraction of sp³-hybridized carbons (Fsp3) is 0.462. The van der Waals surface area contributed by atoms with Crippen LogP contribution in [0.25, 0.3) is 0 Å². The van der Waals surface area contributed by atoms with Gasteiger partial charge in [0.2, 0.25) is 0 Å². The standard InChI is InChI=1S/C13H20N2O2/c1-13(2,3)17-12(16)15-11-7-5-10(6-8-11)9-14-4/h5-8,14H,9H2,1-4H3,(H,15,16). The first kappa shape index (κ1) is 13.5. The lowest BCUT2D eigenvalue weighted by Crippen LogP contribution is -2.27. The predicted molar refractivity (Wildman–Crippen MR) is 69.1 cm³/mol. The Morgan fingerprint density at radius 2 is 1.82 bits per heavy atom. The molecule has 0 bridgehead atoms. The zero-order valence-corrected chi connectivity index (χ0v) is 10.8. The molecule has 0 heterocycles. The second-order valence-electron chi connectivity index (χ2n) is 4.85. The van der Waals surface area contributed by atoms with Gasteiger partial charge in [-0.1, -0.05) is 12.1 Å². The van der Waals surface area contributed by atoms with Crippen LogP contribution in [0.4, 0.5) is 10.5 Å². The minimum Gasteiger partial charge on any atom is -0.444 e. The molecule has 17 heavy (non-hydrogen) atoms. The number of carbonyl (C=O) groups is 1. The van der Waals surface area contributed by atoms with Crippen LogP contribution >= 0.6 is 0 Å². The lowest BCUT2D eigenvalue weighted by atomic mass is 10.2. The monoisotopic (exact) mass is 236 g/mol. The van der Waals surface area contributed by atoms with E-state index in [0.29, 0.717) is 0 Å². The van der Waals surface area contributed by atoms with Gasteiger partial charge in [0, 0.05) is 12.2 Å². The van der Waals surface area contributed by atoms with Gasteiger partial charge >= 0.3 is 6.09 Å². The molecule has 0 saturated carbocycles. The molecule has 2 N–H and O–H groups in total. The minimum absolute atomic E-state index is 0.432. The molecule has 94 valence electrons. The number of hydrogen-bond acceptors (Lipinski definition) is 3.